The van der Waals surface area contributed by atoms with Crippen molar-refractivity contribution in [1.82, 2.24) is 25.0 Å². The molecule has 168 valence electrons. The van der Waals surface area contributed by atoms with Crippen molar-refractivity contribution >= 4 is 23.2 Å². The van der Waals surface area contributed by atoms with Gasteiger partial charge in [-0.2, -0.15) is 5.10 Å². The van der Waals surface area contributed by atoms with Gasteiger partial charge in [-0.1, -0.05) is 12.1 Å². The topological polar surface area (TPSA) is 89.4 Å². The summed E-state index contributed by atoms with van der Waals surface area (Å²) in [6, 6.07) is 5.99. The largest absolute Gasteiger partial charge is 0.355 e. The van der Waals surface area contributed by atoms with E-state index in [0.717, 1.165) is 10.6 Å². The van der Waals surface area contributed by atoms with E-state index in [1.165, 1.54) is 23.5 Å². The summed E-state index contributed by atoms with van der Waals surface area (Å²) in [7, 11) is 0. The van der Waals surface area contributed by atoms with Gasteiger partial charge in [-0.25, -0.2) is 9.37 Å². The molecule has 1 fully saturated rings. The second-order valence-electron chi connectivity index (χ2n) is 7.44. The number of aryl methyl sites for hydroxylation is 3. The molecule has 1 aliphatic rings. The van der Waals surface area contributed by atoms with Crippen LogP contribution in [0.1, 0.15) is 38.5 Å². The molecule has 1 N–H and O–H groups in total. The lowest BCUT2D eigenvalue weighted by molar-refractivity contribution is 0.0276. The van der Waals surface area contributed by atoms with Crippen molar-refractivity contribution in [2.45, 2.75) is 33.5 Å². The number of ether oxygens (including phenoxy) is 1. The fourth-order valence-corrected chi connectivity index (χ4v) is 4.52. The van der Waals surface area contributed by atoms with Gasteiger partial charge in [0.05, 0.1) is 34.3 Å². The Hall–Kier alpha value is -3.11. The van der Waals surface area contributed by atoms with Gasteiger partial charge in [0.15, 0.2) is 0 Å². The molecular formula is C22H24FN5O3S. The van der Waals surface area contributed by atoms with Crippen LogP contribution in [0, 0.1) is 19.7 Å². The van der Waals surface area contributed by atoms with E-state index in [4.69, 9.17) is 4.74 Å². The first-order valence-electron chi connectivity index (χ1n) is 10.4. The summed E-state index contributed by atoms with van der Waals surface area (Å²) in [4.78, 5) is 32.6. The third-order valence-electron chi connectivity index (χ3n) is 5.25. The Bertz CT molecular complexity index is 1140. The van der Waals surface area contributed by atoms with E-state index in [1.807, 2.05) is 13.8 Å². The molecule has 1 aromatic carbocycles. The molecule has 1 saturated heterocycles. The number of halogens is 1. The molecule has 8 nitrogen and oxygen atoms in total. The quantitative estimate of drug-likeness (QED) is 0.615. The van der Waals surface area contributed by atoms with Crippen LogP contribution in [0.15, 0.2) is 30.5 Å². The van der Waals surface area contributed by atoms with E-state index in [1.54, 1.807) is 34.8 Å². The number of benzene rings is 1. The van der Waals surface area contributed by atoms with Gasteiger partial charge in [-0.15, -0.1) is 11.3 Å². The molecule has 4 rings (SSSR count). The molecule has 1 atom stereocenters. The fourth-order valence-electron chi connectivity index (χ4n) is 3.61. The van der Waals surface area contributed by atoms with Gasteiger partial charge in [-0.05, 0) is 38.5 Å². The number of rotatable bonds is 6. The third-order valence-corrected chi connectivity index (χ3v) is 6.27. The highest BCUT2D eigenvalue weighted by atomic mass is 32.1. The Morgan fingerprint density at radius 2 is 2.03 bits per heavy atom. The van der Waals surface area contributed by atoms with Crippen LogP contribution in [0.25, 0.3) is 10.4 Å². The molecule has 0 saturated carbocycles. The van der Waals surface area contributed by atoms with E-state index >= 15 is 0 Å². The van der Waals surface area contributed by atoms with Gasteiger partial charge >= 0.3 is 0 Å². The van der Waals surface area contributed by atoms with Gasteiger partial charge in [0.25, 0.3) is 11.8 Å². The standard InChI is InChI=1S/C22H24FN5O3S/c1-4-27-12-17(13(2)26-27)21(29)24-11-18-28(9-10-31-18)22(30)19-20(32-14(3)25-19)15-5-7-16(23)8-6-15/h5-8,12,18H,4,9-11H2,1-3H3,(H,24,29). The second-order valence-corrected chi connectivity index (χ2v) is 8.64. The summed E-state index contributed by atoms with van der Waals surface area (Å²) in [5.41, 5.74) is 2.18. The van der Waals surface area contributed by atoms with Crippen molar-refractivity contribution in [2.75, 3.05) is 19.7 Å². The van der Waals surface area contributed by atoms with Gasteiger partial charge in [0.1, 0.15) is 17.7 Å². The summed E-state index contributed by atoms with van der Waals surface area (Å²) >= 11 is 1.38. The van der Waals surface area contributed by atoms with Gasteiger partial charge in [0, 0.05) is 19.3 Å². The molecule has 3 heterocycles. The molecular weight excluding hydrogens is 433 g/mol. The summed E-state index contributed by atoms with van der Waals surface area (Å²) in [6.07, 6.45) is 1.10. The predicted molar refractivity (Wildman–Crippen MR) is 118 cm³/mol. The Labute approximate surface area is 189 Å². The predicted octanol–water partition coefficient (Wildman–Crippen LogP) is 3.01. The van der Waals surface area contributed by atoms with E-state index < -0.39 is 6.23 Å². The van der Waals surface area contributed by atoms with Crippen LogP contribution >= 0.6 is 11.3 Å². The zero-order valence-electron chi connectivity index (χ0n) is 18.1. The van der Waals surface area contributed by atoms with E-state index in [-0.39, 0.29) is 24.2 Å². The molecule has 1 aliphatic heterocycles. The Kier molecular flexibility index (Phi) is 6.33. The number of hydrogen-bond acceptors (Lipinski definition) is 6. The highest BCUT2D eigenvalue weighted by molar-refractivity contribution is 7.15. The third kappa shape index (κ3) is 4.42. The number of thiazole rings is 1. The maximum absolute atomic E-state index is 13.3. The first-order valence-corrected chi connectivity index (χ1v) is 11.2. The molecule has 0 radical (unpaired) electrons. The van der Waals surface area contributed by atoms with Crippen LogP contribution in [-0.2, 0) is 11.3 Å². The monoisotopic (exact) mass is 457 g/mol. The molecule has 0 bridgehead atoms. The highest BCUT2D eigenvalue weighted by Crippen LogP contribution is 2.32. The van der Waals surface area contributed by atoms with Crippen molar-refractivity contribution in [3.05, 3.63) is 58.2 Å². The molecule has 32 heavy (non-hydrogen) atoms. The lowest BCUT2D eigenvalue weighted by Gasteiger charge is -2.23. The van der Waals surface area contributed by atoms with Crippen molar-refractivity contribution in [3.8, 4) is 10.4 Å². The number of amides is 2. The van der Waals surface area contributed by atoms with E-state index in [2.05, 4.69) is 15.4 Å². The smallest absolute Gasteiger partial charge is 0.276 e. The van der Waals surface area contributed by atoms with Crippen molar-refractivity contribution < 1.29 is 18.7 Å². The number of nitrogens with one attached hydrogen (secondary N) is 1. The molecule has 10 heteroatoms. The first kappa shape index (κ1) is 22.1. The summed E-state index contributed by atoms with van der Waals surface area (Å²) in [5, 5.41) is 7.87. The Morgan fingerprint density at radius 3 is 2.72 bits per heavy atom. The summed E-state index contributed by atoms with van der Waals surface area (Å²) in [6.45, 7) is 7.14. The summed E-state index contributed by atoms with van der Waals surface area (Å²) in [5.74, 6) is -0.881. The van der Waals surface area contributed by atoms with Crippen LogP contribution in [0.4, 0.5) is 4.39 Å². The minimum Gasteiger partial charge on any atom is -0.355 e. The maximum atomic E-state index is 13.3. The van der Waals surface area contributed by atoms with Gasteiger partial charge in [0.2, 0.25) is 0 Å². The number of hydrogen-bond donors (Lipinski definition) is 1. The van der Waals surface area contributed by atoms with Gasteiger partial charge in [-0.3, -0.25) is 14.3 Å². The number of carbonyl (C=O) groups excluding carboxylic acids is 2. The van der Waals surface area contributed by atoms with Crippen molar-refractivity contribution in [1.29, 1.82) is 0 Å². The van der Waals surface area contributed by atoms with Crippen molar-refractivity contribution in [2.24, 2.45) is 0 Å². The number of aromatic nitrogens is 3. The second kappa shape index (κ2) is 9.17. The minimum atomic E-state index is -0.601. The molecule has 0 spiro atoms. The number of carbonyl (C=O) groups is 2. The van der Waals surface area contributed by atoms with Gasteiger partial charge < -0.3 is 15.0 Å². The lowest BCUT2D eigenvalue weighted by Crippen LogP contribution is -2.44. The Balaban J connectivity index is 1.49. The van der Waals surface area contributed by atoms with Crippen LogP contribution in [0.5, 0.6) is 0 Å². The normalized spacial score (nSPS) is 15.9. The zero-order chi connectivity index (χ0) is 22.8. The number of nitrogens with zero attached hydrogens (tertiary/aromatic N) is 4. The maximum Gasteiger partial charge on any atom is 0.276 e. The highest BCUT2D eigenvalue weighted by Gasteiger charge is 2.33. The fraction of sp³-hybridized carbons (Fsp3) is 0.364. The van der Waals surface area contributed by atoms with Crippen LogP contribution in [0.3, 0.4) is 0 Å². The average Bonchev–Trinajstić information content (AvgIpc) is 3.50. The zero-order valence-corrected chi connectivity index (χ0v) is 18.9. The molecule has 3 aromatic rings. The lowest BCUT2D eigenvalue weighted by atomic mass is 10.1. The first-order chi connectivity index (χ1) is 15.4. The van der Waals surface area contributed by atoms with Crippen LogP contribution in [-0.4, -0.2) is 57.4 Å². The van der Waals surface area contributed by atoms with Crippen LogP contribution in [0.2, 0.25) is 0 Å². The SMILES string of the molecule is CCn1cc(C(=O)NCC2OCCN2C(=O)c2nc(C)sc2-c2ccc(F)cc2)c(C)n1. The van der Waals surface area contributed by atoms with E-state index in [0.29, 0.717) is 41.5 Å². The van der Waals surface area contributed by atoms with E-state index in [9.17, 15) is 14.0 Å². The average molecular weight is 458 g/mol. The minimum absolute atomic E-state index is 0.149. The molecule has 1 unspecified atom stereocenters. The molecule has 2 aromatic heterocycles. The van der Waals surface area contributed by atoms with Crippen LogP contribution < -0.4 is 5.32 Å². The summed E-state index contributed by atoms with van der Waals surface area (Å²) < 4.78 is 20.8. The molecule has 0 aliphatic carbocycles. The Morgan fingerprint density at radius 1 is 1.28 bits per heavy atom. The molecule has 2 amide bonds. The van der Waals surface area contributed by atoms with Crippen molar-refractivity contribution in [3.63, 3.8) is 0 Å².